The molecule has 1 aliphatic rings. The number of ether oxygens (including phenoxy) is 1. The Morgan fingerprint density at radius 2 is 2.06 bits per heavy atom. The van der Waals surface area contributed by atoms with Crippen molar-refractivity contribution in [3.63, 3.8) is 0 Å². The summed E-state index contributed by atoms with van der Waals surface area (Å²) >= 11 is 0. The van der Waals surface area contributed by atoms with Crippen LogP contribution in [0.5, 0.6) is 0 Å². The number of oxazole rings is 1. The van der Waals surface area contributed by atoms with Crippen LogP contribution in [0.2, 0.25) is 0 Å². The molecule has 0 saturated carbocycles. The topological polar surface area (TPSA) is 38.5 Å². The molecule has 1 aliphatic heterocycles. The summed E-state index contributed by atoms with van der Waals surface area (Å²) < 4.78 is 10.9. The number of benzene rings is 1. The summed E-state index contributed by atoms with van der Waals surface area (Å²) in [6.07, 6.45) is 0. The average Bonchev–Trinajstić information content (AvgIpc) is 2.69. The van der Waals surface area contributed by atoms with E-state index in [0.717, 1.165) is 37.4 Å². The summed E-state index contributed by atoms with van der Waals surface area (Å²) in [5, 5.41) is 0. The van der Waals surface area contributed by atoms with Gasteiger partial charge in [0, 0.05) is 31.8 Å². The molecule has 0 bridgehead atoms. The Morgan fingerprint density at radius 1 is 1.25 bits per heavy atom. The maximum absolute atomic E-state index is 5.53. The first-order valence-corrected chi connectivity index (χ1v) is 5.53. The third-order valence-electron chi connectivity index (χ3n) is 2.86. The molecule has 1 saturated heterocycles. The van der Waals surface area contributed by atoms with Gasteiger partial charge >= 0.3 is 0 Å². The molecule has 0 unspecified atom stereocenters. The first kappa shape index (κ1) is 9.66. The number of rotatable bonds is 1. The van der Waals surface area contributed by atoms with Crippen LogP contribution in [-0.4, -0.2) is 31.3 Å². The lowest BCUT2D eigenvalue weighted by atomic mass is 10.2. The highest BCUT2D eigenvalue weighted by Crippen LogP contribution is 2.23. The largest absolute Gasteiger partial charge is 0.441 e. The second-order valence-electron chi connectivity index (χ2n) is 3.98. The third-order valence-corrected chi connectivity index (χ3v) is 2.86. The molecule has 4 nitrogen and oxygen atoms in total. The van der Waals surface area contributed by atoms with Crippen LogP contribution in [0, 0.1) is 6.92 Å². The van der Waals surface area contributed by atoms with E-state index in [1.54, 1.807) is 0 Å². The van der Waals surface area contributed by atoms with E-state index in [2.05, 4.69) is 22.0 Å². The Hall–Kier alpha value is -1.55. The molecule has 1 aromatic heterocycles. The van der Waals surface area contributed by atoms with Gasteiger partial charge in [0.05, 0.1) is 13.2 Å². The molecule has 84 valence electrons. The summed E-state index contributed by atoms with van der Waals surface area (Å²) in [6, 6.07) is 6.16. The molecule has 0 aliphatic carbocycles. The van der Waals surface area contributed by atoms with Crippen LogP contribution in [0.3, 0.4) is 0 Å². The number of hydrogen-bond acceptors (Lipinski definition) is 4. The van der Waals surface area contributed by atoms with Crippen LogP contribution < -0.4 is 4.90 Å². The van der Waals surface area contributed by atoms with Crippen LogP contribution in [0.15, 0.2) is 22.6 Å². The van der Waals surface area contributed by atoms with Crippen LogP contribution in [0.1, 0.15) is 5.89 Å². The van der Waals surface area contributed by atoms with E-state index in [4.69, 9.17) is 9.15 Å². The van der Waals surface area contributed by atoms with Crippen molar-refractivity contribution >= 4 is 16.8 Å². The van der Waals surface area contributed by atoms with E-state index in [0.29, 0.717) is 5.89 Å². The van der Waals surface area contributed by atoms with Gasteiger partial charge in [-0.15, -0.1) is 0 Å². The molecule has 1 aromatic carbocycles. The van der Waals surface area contributed by atoms with Crippen molar-refractivity contribution in [2.24, 2.45) is 0 Å². The molecule has 0 radical (unpaired) electrons. The van der Waals surface area contributed by atoms with Crippen molar-refractivity contribution in [2.75, 3.05) is 31.2 Å². The molecule has 0 spiro atoms. The minimum absolute atomic E-state index is 0.717. The van der Waals surface area contributed by atoms with Gasteiger partial charge in [0.15, 0.2) is 11.5 Å². The standard InChI is InChI=1S/C12H14N2O2/c1-9-13-11-3-2-10(8-12(11)16-9)14-4-6-15-7-5-14/h2-3,8H,4-7H2,1H3. The van der Waals surface area contributed by atoms with Crippen LogP contribution in [0.4, 0.5) is 5.69 Å². The molecule has 2 aromatic rings. The Labute approximate surface area is 93.8 Å². The Kier molecular flexibility index (Phi) is 2.29. The van der Waals surface area contributed by atoms with Crippen molar-refractivity contribution in [1.29, 1.82) is 0 Å². The molecule has 1 fully saturated rings. The van der Waals surface area contributed by atoms with Gasteiger partial charge in [0.2, 0.25) is 0 Å². The summed E-state index contributed by atoms with van der Waals surface area (Å²) in [5.74, 6) is 0.717. The van der Waals surface area contributed by atoms with Crippen molar-refractivity contribution in [2.45, 2.75) is 6.92 Å². The fraction of sp³-hybridized carbons (Fsp3) is 0.417. The number of aryl methyl sites for hydroxylation is 1. The van der Waals surface area contributed by atoms with E-state index in [1.165, 1.54) is 5.69 Å². The molecule has 4 heteroatoms. The zero-order valence-corrected chi connectivity index (χ0v) is 9.27. The second kappa shape index (κ2) is 3.79. The zero-order valence-electron chi connectivity index (χ0n) is 9.27. The number of fused-ring (bicyclic) bond motifs is 1. The number of nitrogens with zero attached hydrogens (tertiary/aromatic N) is 2. The second-order valence-corrected chi connectivity index (χ2v) is 3.98. The van der Waals surface area contributed by atoms with E-state index < -0.39 is 0 Å². The van der Waals surface area contributed by atoms with Crippen LogP contribution >= 0.6 is 0 Å². The summed E-state index contributed by atoms with van der Waals surface area (Å²) in [4.78, 5) is 6.60. The van der Waals surface area contributed by atoms with Gasteiger partial charge in [-0.05, 0) is 12.1 Å². The maximum atomic E-state index is 5.53. The van der Waals surface area contributed by atoms with Crippen molar-refractivity contribution in [3.8, 4) is 0 Å². The number of hydrogen-bond donors (Lipinski definition) is 0. The first-order chi connectivity index (χ1) is 7.83. The van der Waals surface area contributed by atoms with E-state index in [9.17, 15) is 0 Å². The number of aromatic nitrogens is 1. The van der Waals surface area contributed by atoms with Gasteiger partial charge in [-0.25, -0.2) is 4.98 Å². The van der Waals surface area contributed by atoms with E-state index in [1.807, 2.05) is 13.0 Å². The zero-order chi connectivity index (χ0) is 11.0. The van der Waals surface area contributed by atoms with Crippen LogP contribution in [0.25, 0.3) is 11.1 Å². The van der Waals surface area contributed by atoms with Gasteiger partial charge in [-0.3, -0.25) is 0 Å². The Balaban J connectivity index is 1.97. The third kappa shape index (κ3) is 1.65. The normalized spacial score (nSPS) is 16.9. The monoisotopic (exact) mass is 218 g/mol. The van der Waals surface area contributed by atoms with Gasteiger partial charge in [0.25, 0.3) is 0 Å². The van der Waals surface area contributed by atoms with Crippen LogP contribution in [-0.2, 0) is 4.74 Å². The summed E-state index contributed by atoms with van der Waals surface area (Å²) in [6.45, 7) is 5.35. The quantitative estimate of drug-likeness (QED) is 0.733. The minimum atomic E-state index is 0.717. The lowest BCUT2D eigenvalue weighted by Gasteiger charge is -2.28. The van der Waals surface area contributed by atoms with Crippen molar-refractivity contribution < 1.29 is 9.15 Å². The van der Waals surface area contributed by atoms with E-state index in [-0.39, 0.29) is 0 Å². The van der Waals surface area contributed by atoms with Gasteiger partial charge in [-0.1, -0.05) is 0 Å². The highest BCUT2D eigenvalue weighted by molar-refractivity contribution is 5.77. The molecule has 0 N–H and O–H groups in total. The van der Waals surface area contributed by atoms with Crippen molar-refractivity contribution in [3.05, 3.63) is 24.1 Å². The van der Waals surface area contributed by atoms with E-state index >= 15 is 0 Å². The lowest BCUT2D eigenvalue weighted by Crippen LogP contribution is -2.36. The van der Waals surface area contributed by atoms with Gasteiger partial charge in [-0.2, -0.15) is 0 Å². The predicted octanol–water partition coefficient (Wildman–Crippen LogP) is 1.97. The number of morpholine rings is 1. The van der Waals surface area contributed by atoms with Crippen molar-refractivity contribution in [1.82, 2.24) is 4.98 Å². The SMILES string of the molecule is Cc1nc2ccc(N3CCOCC3)cc2o1. The molecule has 2 heterocycles. The molecular formula is C12H14N2O2. The molecule has 3 rings (SSSR count). The summed E-state index contributed by atoms with van der Waals surface area (Å²) in [5.41, 5.74) is 2.97. The minimum Gasteiger partial charge on any atom is -0.441 e. The summed E-state index contributed by atoms with van der Waals surface area (Å²) in [7, 11) is 0. The Bertz CT molecular complexity index is 501. The first-order valence-electron chi connectivity index (χ1n) is 5.53. The molecule has 16 heavy (non-hydrogen) atoms. The smallest absolute Gasteiger partial charge is 0.192 e. The average molecular weight is 218 g/mol. The highest BCUT2D eigenvalue weighted by Gasteiger charge is 2.12. The fourth-order valence-electron chi connectivity index (χ4n) is 2.05. The van der Waals surface area contributed by atoms with Gasteiger partial charge < -0.3 is 14.1 Å². The fourth-order valence-corrected chi connectivity index (χ4v) is 2.05. The highest BCUT2D eigenvalue weighted by atomic mass is 16.5. The maximum Gasteiger partial charge on any atom is 0.192 e. The molecule has 0 amide bonds. The predicted molar refractivity (Wildman–Crippen MR) is 61.8 cm³/mol. The Morgan fingerprint density at radius 3 is 2.88 bits per heavy atom. The molecular weight excluding hydrogens is 204 g/mol. The molecule has 0 atom stereocenters. The number of anilines is 1. The van der Waals surface area contributed by atoms with Gasteiger partial charge in [0.1, 0.15) is 5.52 Å². The lowest BCUT2D eigenvalue weighted by molar-refractivity contribution is 0.122.